The number of hydrogen-bond acceptors (Lipinski definition) is 3. The lowest BCUT2D eigenvalue weighted by molar-refractivity contribution is 0.577. The Bertz CT molecular complexity index is 476. The van der Waals surface area contributed by atoms with Crippen molar-refractivity contribution in [1.29, 1.82) is 0 Å². The molecule has 1 fully saturated rings. The summed E-state index contributed by atoms with van der Waals surface area (Å²) in [4.78, 5) is 0.308. The number of sulfonamides is 1. The van der Waals surface area contributed by atoms with E-state index in [1.54, 1.807) is 24.3 Å². The van der Waals surface area contributed by atoms with Gasteiger partial charge in [0.15, 0.2) is 0 Å². The van der Waals surface area contributed by atoms with Crippen molar-refractivity contribution in [1.82, 2.24) is 4.72 Å². The fourth-order valence-corrected chi connectivity index (χ4v) is 2.70. The first-order valence-corrected chi connectivity index (χ1v) is 7.32. The minimum Gasteiger partial charge on any atom is -0.324 e. The van der Waals surface area contributed by atoms with Gasteiger partial charge in [-0.1, -0.05) is 12.1 Å². The molecule has 4 nitrogen and oxygen atoms in total. The minimum absolute atomic E-state index is 0.0776. The molecule has 5 heteroatoms. The summed E-state index contributed by atoms with van der Waals surface area (Å²) in [6, 6.07) is 6.65. The van der Waals surface area contributed by atoms with Crippen molar-refractivity contribution in [3.63, 3.8) is 0 Å². The van der Waals surface area contributed by atoms with Crippen LogP contribution in [0.4, 0.5) is 0 Å². The second kappa shape index (κ2) is 4.76. The smallest absolute Gasteiger partial charge is 0.240 e. The van der Waals surface area contributed by atoms with Crippen LogP contribution in [0.3, 0.4) is 0 Å². The highest BCUT2D eigenvalue weighted by molar-refractivity contribution is 7.89. The normalized spacial score (nSPS) is 18.0. The Labute approximate surface area is 102 Å². The molecule has 3 N–H and O–H groups in total. The van der Waals surface area contributed by atoms with Gasteiger partial charge < -0.3 is 5.73 Å². The lowest BCUT2D eigenvalue weighted by Gasteiger charge is -2.08. The van der Waals surface area contributed by atoms with Crippen LogP contribution in [0.5, 0.6) is 0 Å². The Balaban J connectivity index is 2.09. The first-order valence-electron chi connectivity index (χ1n) is 5.84. The average molecular weight is 254 g/mol. The van der Waals surface area contributed by atoms with Gasteiger partial charge in [0, 0.05) is 12.6 Å². The van der Waals surface area contributed by atoms with Gasteiger partial charge >= 0.3 is 0 Å². The second-order valence-electron chi connectivity index (χ2n) is 4.65. The topological polar surface area (TPSA) is 72.2 Å². The van der Waals surface area contributed by atoms with E-state index in [0.717, 1.165) is 18.4 Å². The molecule has 0 aliphatic heterocycles. The molecule has 0 heterocycles. The van der Waals surface area contributed by atoms with Crippen molar-refractivity contribution in [2.75, 3.05) is 6.54 Å². The largest absolute Gasteiger partial charge is 0.324 e. The van der Waals surface area contributed by atoms with Gasteiger partial charge in [0.1, 0.15) is 0 Å². The van der Waals surface area contributed by atoms with Crippen molar-refractivity contribution in [3.05, 3.63) is 29.8 Å². The molecule has 0 amide bonds. The van der Waals surface area contributed by atoms with Crippen molar-refractivity contribution < 1.29 is 8.42 Å². The molecule has 0 spiro atoms. The van der Waals surface area contributed by atoms with Gasteiger partial charge in [0.2, 0.25) is 10.0 Å². The minimum atomic E-state index is -3.35. The Hall–Kier alpha value is -0.910. The van der Waals surface area contributed by atoms with Crippen LogP contribution < -0.4 is 10.5 Å². The molecule has 0 saturated heterocycles. The SMILES string of the molecule is CC(N)c1ccc(S(=O)(=O)NCC2CC2)cc1. The molecule has 1 atom stereocenters. The highest BCUT2D eigenvalue weighted by Crippen LogP contribution is 2.28. The van der Waals surface area contributed by atoms with Crippen LogP contribution in [0, 0.1) is 5.92 Å². The first-order chi connectivity index (χ1) is 7.99. The van der Waals surface area contributed by atoms with E-state index in [1.165, 1.54) is 0 Å². The predicted molar refractivity (Wildman–Crippen MR) is 67.0 cm³/mol. The molecule has 94 valence electrons. The highest BCUT2D eigenvalue weighted by Gasteiger charge is 2.24. The zero-order chi connectivity index (χ0) is 12.5. The Morgan fingerprint density at radius 2 is 1.94 bits per heavy atom. The summed E-state index contributed by atoms with van der Waals surface area (Å²) in [6.07, 6.45) is 2.26. The maximum absolute atomic E-state index is 11.9. The number of nitrogens with one attached hydrogen (secondary N) is 1. The fourth-order valence-electron chi connectivity index (χ4n) is 1.58. The van der Waals surface area contributed by atoms with Crippen LogP contribution in [0.15, 0.2) is 29.2 Å². The molecule has 1 aliphatic rings. The van der Waals surface area contributed by atoms with E-state index in [-0.39, 0.29) is 6.04 Å². The molecular weight excluding hydrogens is 236 g/mol. The standard InChI is InChI=1S/C12H18N2O2S/c1-9(13)11-4-6-12(7-5-11)17(15,16)14-8-10-2-3-10/h4-7,9-10,14H,2-3,8,13H2,1H3. The predicted octanol–water partition coefficient (Wildman–Crippen LogP) is 1.39. The van der Waals surface area contributed by atoms with Gasteiger partial charge in [-0.3, -0.25) is 0 Å². The van der Waals surface area contributed by atoms with Crippen molar-refractivity contribution in [2.45, 2.75) is 30.7 Å². The van der Waals surface area contributed by atoms with E-state index in [1.807, 2.05) is 6.92 Å². The molecule has 1 aromatic rings. The number of benzene rings is 1. The summed E-state index contributed by atoms with van der Waals surface area (Å²) in [7, 11) is -3.35. The van der Waals surface area contributed by atoms with Crippen LogP contribution in [-0.4, -0.2) is 15.0 Å². The van der Waals surface area contributed by atoms with Crippen molar-refractivity contribution in [2.24, 2.45) is 11.7 Å². The molecule has 0 bridgehead atoms. The molecule has 0 aromatic heterocycles. The van der Waals surface area contributed by atoms with E-state index in [9.17, 15) is 8.42 Å². The van der Waals surface area contributed by atoms with Crippen LogP contribution in [0.1, 0.15) is 31.4 Å². The first kappa shape index (κ1) is 12.5. The number of nitrogens with two attached hydrogens (primary N) is 1. The molecular formula is C12H18N2O2S. The summed E-state index contributed by atoms with van der Waals surface area (Å²) < 4.78 is 26.4. The second-order valence-corrected chi connectivity index (χ2v) is 6.42. The maximum atomic E-state index is 11.9. The summed E-state index contributed by atoms with van der Waals surface area (Å²) in [5.41, 5.74) is 6.65. The quantitative estimate of drug-likeness (QED) is 0.834. The van der Waals surface area contributed by atoms with E-state index < -0.39 is 10.0 Å². The third-order valence-electron chi connectivity index (χ3n) is 2.98. The molecule has 17 heavy (non-hydrogen) atoms. The average Bonchev–Trinajstić information content (AvgIpc) is 3.10. The Morgan fingerprint density at radius 3 is 2.41 bits per heavy atom. The van der Waals surface area contributed by atoms with Crippen LogP contribution >= 0.6 is 0 Å². The van der Waals surface area contributed by atoms with Gasteiger partial charge in [-0.15, -0.1) is 0 Å². The number of hydrogen-bond donors (Lipinski definition) is 2. The molecule has 1 aromatic carbocycles. The lowest BCUT2D eigenvalue weighted by atomic mass is 10.1. The summed E-state index contributed by atoms with van der Waals surface area (Å²) >= 11 is 0. The molecule has 1 aliphatic carbocycles. The van der Waals surface area contributed by atoms with Gasteiger partial charge in [-0.2, -0.15) is 0 Å². The van der Waals surface area contributed by atoms with Crippen LogP contribution in [0.25, 0.3) is 0 Å². The molecule has 0 radical (unpaired) electrons. The van der Waals surface area contributed by atoms with Crippen molar-refractivity contribution in [3.8, 4) is 0 Å². The monoisotopic (exact) mass is 254 g/mol. The number of rotatable bonds is 5. The fraction of sp³-hybridized carbons (Fsp3) is 0.500. The summed E-state index contributed by atoms with van der Waals surface area (Å²) in [5, 5.41) is 0. The van der Waals surface area contributed by atoms with E-state index >= 15 is 0 Å². The zero-order valence-corrected chi connectivity index (χ0v) is 10.7. The third kappa shape index (κ3) is 3.28. The molecule has 2 rings (SSSR count). The Morgan fingerprint density at radius 1 is 1.35 bits per heavy atom. The van der Waals surface area contributed by atoms with Crippen LogP contribution in [0.2, 0.25) is 0 Å². The third-order valence-corrected chi connectivity index (χ3v) is 4.41. The van der Waals surface area contributed by atoms with Gasteiger partial charge in [-0.25, -0.2) is 13.1 Å². The Kier molecular flexibility index (Phi) is 3.51. The summed E-state index contributed by atoms with van der Waals surface area (Å²) in [6.45, 7) is 2.42. The van der Waals surface area contributed by atoms with Gasteiger partial charge in [0.05, 0.1) is 4.90 Å². The van der Waals surface area contributed by atoms with E-state index in [4.69, 9.17) is 5.73 Å². The molecule has 1 unspecified atom stereocenters. The van der Waals surface area contributed by atoms with E-state index in [0.29, 0.717) is 17.4 Å². The zero-order valence-electron chi connectivity index (χ0n) is 9.89. The summed E-state index contributed by atoms with van der Waals surface area (Å²) in [5.74, 6) is 0.535. The van der Waals surface area contributed by atoms with Gasteiger partial charge in [0.25, 0.3) is 0 Å². The maximum Gasteiger partial charge on any atom is 0.240 e. The highest BCUT2D eigenvalue weighted by atomic mass is 32.2. The van der Waals surface area contributed by atoms with Crippen LogP contribution in [-0.2, 0) is 10.0 Å². The lowest BCUT2D eigenvalue weighted by Crippen LogP contribution is -2.25. The molecule has 1 saturated carbocycles. The van der Waals surface area contributed by atoms with Gasteiger partial charge in [-0.05, 0) is 43.4 Å². The van der Waals surface area contributed by atoms with Crippen molar-refractivity contribution >= 4 is 10.0 Å². The van der Waals surface area contributed by atoms with E-state index in [2.05, 4.69) is 4.72 Å².